The van der Waals surface area contributed by atoms with Gasteiger partial charge in [0.15, 0.2) is 0 Å². The monoisotopic (exact) mass is 262 g/mol. The lowest BCUT2D eigenvalue weighted by atomic mass is 10.3. The molecule has 0 aliphatic rings. The van der Waals surface area contributed by atoms with Crippen LogP contribution in [0.2, 0.25) is 0 Å². The van der Waals surface area contributed by atoms with E-state index in [2.05, 4.69) is 23.8 Å². The van der Waals surface area contributed by atoms with Crippen molar-refractivity contribution in [2.45, 2.75) is 33.4 Å². The van der Waals surface area contributed by atoms with Crippen molar-refractivity contribution in [3.63, 3.8) is 0 Å². The predicted octanol–water partition coefficient (Wildman–Crippen LogP) is 1.39. The van der Waals surface area contributed by atoms with E-state index in [0.717, 1.165) is 5.69 Å². The summed E-state index contributed by atoms with van der Waals surface area (Å²) >= 11 is 0. The summed E-state index contributed by atoms with van der Waals surface area (Å²) in [7, 11) is 1.51. The molecule has 102 valence electrons. The zero-order chi connectivity index (χ0) is 14.0. The molecule has 6 heteroatoms. The number of hydrogen-bond acceptors (Lipinski definition) is 4. The number of ether oxygens (including phenoxy) is 1. The Labute approximate surface area is 111 Å². The van der Waals surface area contributed by atoms with Gasteiger partial charge in [0, 0.05) is 24.0 Å². The van der Waals surface area contributed by atoms with Crippen LogP contribution in [0.5, 0.6) is 6.01 Å². The molecule has 2 aromatic heterocycles. The minimum absolute atomic E-state index is 0.124. The minimum atomic E-state index is -0.124. The zero-order valence-electron chi connectivity index (χ0n) is 11.6. The molecule has 0 atom stereocenters. The number of methoxy groups -OCH3 is 1. The van der Waals surface area contributed by atoms with Crippen LogP contribution in [0.15, 0.2) is 23.4 Å². The van der Waals surface area contributed by atoms with Crippen molar-refractivity contribution in [3.8, 4) is 6.01 Å². The molecule has 0 saturated carbocycles. The van der Waals surface area contributed by atoms with E-state index in [1.807, 2.05) is 4.57 Å². The van der Waals surface area contributed by atoms with Gasteiger partial charge < -0.3 is 9.30 Å². The molecule has 0 spiro atoms. The molecule has 0 unspecified atom stereocenters. The third-order valence-electron chi connectivity index (χ3n) is 2.91. The highest BCUT2D eigenvalue weighted by molar-refractivity contribution is 5.10. The van der Waals surface area contributed by atoms with E-state index in [-0.39, 0.29) is 11.6 Å². The van der Waals surface area contributed by atoms with E-state index in [1.165, 1.54) is 17.7 Å². The van der Waals surface area contributed by atoms with Crippen LogP contribution in [0.25, 0.3) is 0 Å². The summed E-state index contributed by atoms with van der Waals surface area (Å²) in [5, 5.41) is 0. The van der Waals surface area contributed by atoms with E-state index in [0.29, 0.717) is 18.2 Å². The molecule has 6 nitrogen and oxygen atoms in total. The second-order valence-electron chi connectivity index (χ2n) is 4.69. The Morgan fingerprint density at radius 1 is 1.42 bits per heavy atom. The fraction of sp³-hybridized carbons (Fsp3) is 0.462. The SMILES string of the molecule is COc1nc(C)cc(=O)n1Cc1cncn1C(C)C. The summed E-state index contributed by atoms with van der Waals surface area (Å²) in [5.41, 5.74) is 1.47. The van der Waals surface area contributed by atoms with Gasteiger partial charge in [-0.2, -0.15) is 0 Å². The number of rotatable bonds is 4. The highest BCUT2D eigenvalue weighted by Crippen LogP contribution is 2.12. The third-order valence-corrected chi connectivity index (χ3v) is 2.91. The molecule has 0 aliphatic heterocycles. The molecule has 2 heterocycles. The smallest absolute Gasteiger partial charge is 0.299 e. The summed E-state index contributed by atoms with van der Waals surface area (Å²) < 4.78 is 8.70. The Morgan fingerprint density at radius 2 is 2.16 bits per heavy atom. The molecular formula is C13H18N4O2. The van der Waals surface area contributed by atoms with Crippen molar-refractivity contribution in [1.82, 2.24) is 19.1 Å². The highest BCUT2D eigenvalue weighted by atomic mass is 16.5. The van der Waals surface area contributed by atoms with E-state index in [1.54, 1.807) is 19.4 Å². The van der Waals surface area contributed by atoms with Crippen molar-refractivity contribution >= 4 is 0 Å². The summed E-state index contributed by atoms with van der Waals surface area (Å²) in [6.45, 7) is 6.30. The standard InChI is InChI=1S/C13H18N4O2/c1-9(2)17-8-14-6-11(17)7-16-12(18)5-10(3)15-13(16)19-4/h5-6,8-9H,7H2,1-4H3. The number of hydrogen-bond donors (Lipinski definition) is 0. The molecule has 0 bridgehead atoms. The molecule has 0 fully saturated rings. The predicted molar refractivity (Wildman–Crippen MR) is 71.5 cm³/mol. The first-order valence-corrected chi connectivity index (χ1v) is 6.16. The Morgan fingerprint density at radius 3 is 2.79 bits per heavy atom. The van der Waals surface area contributed by atoms with E-state index >= 15 is 0 Å². The lowest BCUT2D eigenvalue weighted by Gasteiger charge is -2.14. The number of nitrogens with zero attached hydrogens (tertiary/aromatic N) is 4. The topological polar surface area (TPSA) is 61.9 Å². The van der Waals surface area contributed by atoms with E-state index in [4.69, 9.17) is 4.74 Å². The first-order chi connectivity index (χ1) is 9.02. The lowest BCUT2D eigenvalue weighted by Crippen LogP contribution is -2.24. The molecular weight excluding hydrogens is 244 g/mol. The number of aromatic nitrogens is 4. The minimum Gasteiger partial charge on any atom is -0.468 e. The van der Waals surface area contributed by atoms with Crippen LogP contribution in [-0.2, 0) is 6.54 Å². The Bertz CT molecular complexity index is 628. The maximum absolute atomic E-state index is 12.0. The van der Waals surface area contributed by atoms with Gasteiger partial charge in [0.2, 0.25) is 0 Å². The average molecular weight is 262 g/mol. The summed E-state index contributed by atoms with van der Waals surface area (Å²) in [5.74, 6) is 0. The third kappa shape index (κ3) is 2.67. The molecule has 19 heavy (non-hydrogen) atoms. The van der Waals surface area contributed by atoms with E-state index in [9.17, 15) is 4.79 Å². The molecule has 0 aliphatic carbocycles. The fourth-order valence-corrected chi connectivity index (χ4v) is 1.98. The normalized spacial score (nSPS) is 11.0. The van der Waals surface area contributed by atoms with Gasteiger partial charge in [-0.3, -0.25) is 9.36 Å². The molecule has 0 saturated heterocycles. The van der Waals surface area contributed by atoms with Crippen LogP contribution in [0, 0.1) is 6.92 Å². The molecule has 0 amide bonds. The van der Waals surface area contributed by atoms with Crippen LogP contribution >= 0.6 is 0 Å². The van der Waals surface area contributed by atoms with Crippen molar-refractivity contribution in [2.75, 3.05) is 7.11 Å². The maximum Gasteiger partial charge on any atom is 0.299 e. The van der Waals surface area contributed by atoms with Gasteiger partial charge in [-0.15, -0.1) is 0 Å². The largest absolute Gasteiger partial charge is 0.468 e. The summed E-state index contributed by atoms with van der Waals surface area (Å²) in [4.78, 5) is 20.4. The van der Waals surface area contributed by atoms with Crippen molar-refractivity contribution in [1.29, 1.82) is 0 Å². The van der Waals surface area contributed by atoms with Crippen molar-refractivity contribution < 1.29 is 4.74 Å². The van der Waals surface area contributed by atoms with E-state index < -0.39 is 0 Å². The average Bonchev–Trinajstić information content (AvgIpc) is 2.80. The van der Waals surface area contributed by atoms with Crippen molar-refractivity contribution in [3.05, 3.63) is 40.3 Å². The molecule has 2 aromatic rings. The molecule has 0 aromatic carbocycles. The van der Waals surface area contributed by atoms with Gasteiger partial charge >= 0.3 is 0 Å². The number of aryl methyl sites for hydroxylation is 1. The second-order valence-corrected chi connectivity index (χ2v) is 4.69. The molecule has 0 radical (unpaired) electrons. The van der Waals surface area contributed by atoms with Gasteiger partial charge in [0.1, 0.15) is 0 Å². The van der Waals surface area contributed by atoms with Gasteiger partial charge in [-0.05, 0) is 20.8 Å². The molecule has 2 rings (SSSR count). The lowest BCUT2D eigenvalue weighted by molar-refractivity contribution is 0.347. The molecule has 0 N–H and O–H groups in total. The highest BCUT2D eigenvalue weighted by Gasteiger charge is 2.11. The maximum atomic E-state index is 12.0. The first-order valence-electron chi connectivity index (χ1n) is 6.16. The van der Waals surface area contributed by atoms with Crippen LogP contribution in [-0.4, -0.2) is 26.2 Å². The van der Waals surface area contributed by atoms with Gasteiger partial charge in [-0.25, -0.2) is 9.97 Å². The van der Waals surface area contributed by atoms with Crippen LogP contribution in [0.4, 0.5) is 0 Å². The van der Waals surface area contributed by atoms with Gasteiger partial charge in [0.05, 0.1) is 25.7 Å². The van der Waals surface area contributed by atoms with Crippen LogP contribution in [0.3, 0.4) is 0 Å². The Balaban J connectivity index is 2.43. The number of imidazole rings is 1. The fourth-order valence-electron chi connectivity index (χ4n) is 1.98. The Hall–Kier alpha value is -2.11. The Kier molecular flexibility index (Phi) is 3.69. The summed E-state index contributed by atoms with van der Waals surface area (Å²) in [6, 6.07) is 2.11. The summed E-state index contributed by atoms with van der Waals surface area (Å²) in [6.07, 6.45) is 3.52. The quantitative estimate of drug-likeness (QED) is 0.835. The van der Waals surface area contributed by atoms with Crippen LogP contribution < -0.4 is 10.3 Å². The van der Waals surface area contributed by atoms with Gasteiger partial charge in [-0.1, -0.05) is 0 Å². The van der Waals surface area contributed by atoms with Crippen LogP contribution in [0.1, 0.15) is 31.3 Å². The first kappa shape index (κ1) is 13.3. The van der Waals surface area contributed by atoms with Crippen molar-refractivity contribution in [2.24, 2.45) is 0 Å². The van der Waals surface area contributed by atoms with Gasteiger partial charge in [0.25, 0.3) is 11.6 Å². The zero-order valence-corrected chi connectivity index (χ0v) is 11.6. The second kappa shape index (κ2) is 5.26.